The summed E-state index contributed by atoms with van der Waals surface area (Å²) in [5.41, 5.74) is 0. The van der Waals surface area contributed by atoms with Crippen LogP contribution in [0, 0.1) is 0 Å². The van der Waals surface area contributed by atoms with Gasteiger partial charge in [-0.15, -0.1) is 0 Å². The molecule has 1 fully saturated rings. The summed E-state index contributed by atoms with van der Waals surface area (Å²) in [6, 6.07) is 0. The van der Waals surface area contributed by atoms with E-state index in [-0.39, 0.29) is 6.29 Å². The lowest BCUT2D eigenvalue weighted by molar-refractivity contribution is -0.0182. The lowest BCUT2D eigenvalue weighted by atomic mass is 10.4. The van der Waals surface area contributed by atoms with Gasteiger partial charge in [-0.25, -0.2) is 0 Å². The average molecular weight is 248 g/mol. The number of unbranched alkanes of at least 4 members (excludes halogenated alkanes) is 1. The van der Waals surface area contributed by atoms with Crippen LogP contribution < -0.4 is 0 Å². The SMILES string of the molecule is CCCCOCCOCCOCCOC1CO1. The number of ether oxygens (including phenoxy) is 5. The molecule has 1 aliphatic rings. The van der Waals surface area contributed by atoms with E-state index in [9.17, 15) is 0 Å². The zero-order chi connectivity index (χ0) is 12.2. The fourth-order valence-electron chi connectivity index (χ4n) is 1.16. The maximum Gasteiger partial charge on any atom is 0.181 e. The van der Waals surface area contributed by atoms with E-state index in [1.54, 1.807) is 0 Å². The lowest BCUT2D eigenvalue weighted by Crippen LogP contribution is -2.12. The Balaban J connectivity index is 1.61. The monoisotopic (exact) mass is 248 g/mol. The molecule has 0 aromatic heterocycles. The van der Waals surface area contributed by atoms with E-state index >= 15 is 0 Å². The smallest absolute Gasteiger partial charge is 0.181 e. The van der Waals surface area contributed by atoms with Gasteiger partial charge in [-0.2, -0.15) is 0 Å². The van der Waals surface area contributed by atoms with Gasteiger partial charge in [0.25, 0.3) is 0 Å². The minimum atomic E-state index is 0.0233. The van der Waals surface area contributed by atoms with Gasteiger partial charge in [0.2, 0.25) is 0 Å². The minimum absolute atomic E-state index is 0.0233. The zero-order valence-corrected chi connectivity index (χ0v) is 10.7. The molecule has 1 rings (SSSR count). The number of hydrogen-bond acceptors (Lipinski definition) is 5. The highest BCUT2D eigenvalue weighted by Gasteiger charge is 2.22. The molecule has 1 saturated heterocycles. The molecule has 5 nitrogen and oxygen atoms in total. The van der Waals surface area contributed by atoms with Crippen molar-refractivity contribution in [2.24, 2.45) is 0 Å². The molecular weight excluding hydrogens is 224 g/mol. The summed E-state index contributed by atoms with van der Waals surface area (Å²) < 4.78 is 26.1. The first kappa shape index (κ1) is 14.9. The summed E-state index contributed by atoms with van der Waals surface area (Å²) >= 11 is 0. The lowest BCUT2D eigenvalue weighted by Gasteiger charge is -2.06. The van der Waals surface area contributed by atoms with Crippen molar-refractivity contribution in [1.82, 2.24) is 0 Å². The largest absolute Gasteiger partial charge is 0.379 e. The van der Waals surface area contributed by atoms with E-state index in [4.69, 9.17) is 23.7 Å². The van der Waals surface area contributed by atoms with E-state index in [2.05, 4.69) is 6.92 Å². The first-order chi connectivity index (χ1) is 8.43. The van der Waals surface area contributed by atoms with Crippen molar-refractivity contribution in [3.8, 4) is 0 Å². The highest BCUT2D eigenvalue weighted by atomic mass is 16.8. The van der Waals surface area contributed by atoms with Crippen molar-refractivity contribution in [3.05, 3.63) is 0 Å². The average Bonchev–Trinajstić information content (AvgIpc) is 3.15. The molecule has 1 atom stereocenters. The van der Waals surface area contributed by atoms with Crippen LogP contribution in [0.2, 0.25) is 0 Å². The van der Waals surface area contributed by atoms with Crippen LogP contribution >= 0.6 is 0 Å². The molecule has 0 radical (unpaired) electrons. The topological polar surface area (TPSA) is 49.5 Å². The molecule has 1 unspecified atom stereocenters. The Morgan fingerprint density at radius 1 is 0.882 bits per heavy atom. The summed E-state index contributed by atoms with van der Waals surface area (Å²) in [6.07, 6.45) is 2.31. The van der Waals surface area contributed by atoms with Crippen molar-refractivity contribution in [3.63, 3.8) is 0 Å². The summed E-state index contributed by atoms with van der Waals surface area (Å²) in [4.78, 5) is 0. The summed E-state index contributed by atoms with van der Waals surface area (Å²) in [7, 11) is 0. The van der Waals surface area contributed by atoms with Crippen molar-refractivity contribution >= 4 is 0 Å². The van der Waals surface area contributed by atoms with Crippen LogP contribution in [-0.2, 0) is 23.7 Å². The van der Waals surface area contributed by atoms with Crippen LogP contribution in [0.4, 0.5) is 0 Å². The van der Waals surface area contributed by atoms with Crippen LogP contribution in [0.5, 0.6) is 0 Å². The molecule has 0 bridgehead atoms. The molecule has 5 heteroatoms. The summed E-state index contributed by atoms with van der Waals surface area (Å²) in [5, 5.41) is 0. The zero-order valence-electron chi connectivity index (χ0n) is 10.7. The minimum Gasteiger partial charge on any atom is -0.379 e. The molecule has 0 saturated carbocycles. The molecule has 0 spiro atoms. The van der Waals surface area contributed by atoms with Gasteiger partial charge >= 0.3 is 0 Å². The number of rotatable bonds is 13. The molecule has 0 aromatic rings. The fourth-order valence-corrected chi connectivity index (χ4v) is 1.16. The number of hydrogen-bond donors (Lipinski definition) is 0. The molecule has 17 heavy (non-hydrogen) atoms. The van der Waals surface area contributed by atoms with Crippen LogP contribution in [-0.4, -0.2) is 59.1 Å². The van der Waals surface area contributed by atoms with Crippen molar-refractivity contribution in [2.75, 3.05) is 52.9 Å². The quantitative estimate of drug-likeness (QED) is 0.362. The second-order valence-corrected chi connectivity index (χ2v) is 3.82. The Kier molecular flexibility index (Phi) is 9.55. The second kappa shape index (κ2) is 10.9. The molecule has 1 aliphatic heterocycles. The van der Waals surface area contributed by atoms with Crippen molar-refractivity contribution in [1.29, 1.82) is 0 Å². The van der Waals surface area contributed by atoms with Gasteiger partial charge in [0.05, 0.1) is 39.6 Å². The Bertz CT molecular complexity index is 161. The third kappa shape index (κ3) is 10.7. The van der Waals surface area contributed by atoms with Crippen molar-refractivity contribution < 1.29 is 23.7 Å². The van der Waals surface area contributed by atoms with E-state index in [1.165, 1.54) is 6.42 Å². The normalized spacial score (nSPS) is 18.5. The fraction of sp³-hybridized carbons (Fsp3) is 1.00. The van der Waals surface area contributed by atoms with Gasteiger partial charge in [0.15, 0.2) is 6.29 Å². The maximum atomic E-state index is 5.35. The van der Waals surface area contributed by atoms with Gasteiger partial charge in [0.1, 0.15) is 6.61 Å². The summed E-state index contributed by atoms with van der Waals surface area (Å²) in [5.74, 6) is 0. The molecule has 0 aromatic carbocycles. The summed E-state index contributed by atoms with van der Waals surface area (Å²) in [6.45, 7) is 7.40. The van der Waals surface area contributed by atoms with E-state index in [0.29, 0.717) is 39.6 Å². The molecular formula is C12H24O5. The van der Waals surface area contributed by atoms with E-state index in [0.717, 1.165) is 19.6 Å². The Morgan fingerprint density at radius 2 is 1.41 bits per heavy atom. The van der Waals surface area contributed by atoms with Crippen LogP contribution in [0.15, 0.2) is 0 Å². The van der Waals surface area contributed by atoms with Crippen LogP contribution in [0.25, 0.3) is 0 Å². The van der Waals surface area contributed by atoms with E-state index in [1.807, 2.05) is 0 Å². The first-order valence-electron chi connectivity index (χ1n) is 6.40. The predicted molar refractivity (Wildman–Crippen MR) is 63.1 cm³/mol. The highest BCUT2D eigenvalue weighted by molar-refractivity contribution is 4.54. The maximum absolute atomic E-state index is 5.35. The highest BCUT2D eigenvalue weighted by Crippen LogP contribution is 2.09. The second-order valence-electron chi connectivity index (χ2n) is 3.82. The molecule has 0 amide bonds. The standard InChI is InChI=1S/C12H24O5/c1-2-3-4-13-5-6-14-7-8-15-9-10-16-12-11-17-12/h12H,2-11H2,1H3. The Morgan fingerprint density at radius 3 is 1.94 bits per heavy atom. The van der Waals surface area contributed by atoms with Crippen molar-refractivity contribution in [2.45, 2.75) is 26.1 Å². The molecule has 0 N–H and O–H groups in total. The van der Waals surface area contributed by atoms with Gasteiger partial charge in [0, 0.05) is 6.61 Å². The first-order valence-corrected chi connectivity index (χ1v) is 6.40. The third-order valence-corrected chi connectivity index (χ3v) is 2.22. The Hall–Kier alpha value is -0.200. The third-order valence-electron chi connectivity index (χ3n) is 2.22. The Labute approximate surface area is 103 Å². The molecule has 0 aliphatic carbocycles. The van der Waals surface area contributed by atoms with Gasteiger partial charge in [-0.05, 0) is 6.42 Å². The van der Waals surface area contributed by atoms with Crippen LogP contribution in [0.3, 0.4) is 0 Å². The van der Waals surface area contributed by atoms with Gasteiger partial charge < -0.3 is 23.7 Å². The molecule has 1 heterocycles. The molecule has 102 valence electrons. The van der Waals surface area contributed by atoms with Gasteiger partial charge in [-0.1, -0.05) is 13.3 Å². The van der Waals surface area contributed by atoms with Crippen LogP contribution in [0.1, 0.15) is 19.8 Å². The van der Waals surface area contributed by atoms with E-state index < -0.39 is 0 Å². The number of epoxide rings is 1. The predicted octanol–water partition coefficient (Wildman–Crippen LogP) is 1.21. The van der Waals surface area contributed by atoms with Gasteiger partial charge in [-0.3, -0.25) is 0 Å².